The molecule has 0 atom stereocenters. The summed E-state index contributed by atoms with van der Waals surface area (Å²) in [6.45, 7) is 0. The van der Waals surface area contributed by atoms with Crippen molar-refractivity contribution in [3.8, 4) is 22.3 Å². The maximum absolute atomic E-state index is 6.30. The van der Waals surface area contributed by atoms with E-state index < -0.39 is 0 Å². The fourth-order valence-corrected chi connectivity index (χ4v) is 5.69. The molecule has 0 N–H and O–H groups in total. The van der Waals surface area contributed by atoms with Crippen molar-refractivity contribution in [2.24, 2.45) is 0 Å². The lowest BCUT2D eigenvalue weighted by molar-refractivity contribution is 0.670. The van der Waals surface area contributed by atoms with E-state index in [1.807, 2.05) is 12.1 Å². The number of fused-ring (bicyclic) bond motifs is 6. The van der Waals surface area contributed by atoms with E-state index in [-0.39, 0.29) is 0 Å². The van der Waals surface area contributed by atoms with Gasteiger partial charge in [-0.3, -0.25) is 0 Å². The average molecular weight is 471 g/mol. The number of hydrogen-bond donors (Lipinski definition) is 0. The number of rotatable bonds is 2. The molecule has 0 amide bonds. The summed E-state index contributed by atoms with van der Waals surface area (Å²) in [5.41, 5.74) is 6.66. The second-order valence-electron chi connectivity index (χ2n) is 9.82. The van der Waals surface area contributed by atoms with Crippen molar-refractivity contribution in [1.82, 2.24) is 0 Å². The second-order valence-corrected chi connectivity index (χ2v) is 9.82. The molecule has 0 bridgehead atoms. The summed E-state index contributed by atoms with van der Waals surface area (Å²) < 4.78 is 6.30. The van der Waals surface area contributed by atoms with Gasteiger partial charge in [0.1, 0.15) is 11.2 Å². The van der Waals surface area contributed by atoms with Crippen LogP contribution in [0.2, 0.25) is 0 Å². The Morgan fingerprint density at radius 1 is 0.351 bits per heavy atom. The van der Waals surface area contributed by atoms with Crippen LogP contribution in [0.15, 0.2) is 138 Å². The summed E-state index contributed by atoms with van der Waals surface area (Å²) in [4.78, 5) is 0. The van der Waals surface area contributed by atoms with E-state index in [0.717, 1.165) is 27.5 Å². The lowest BCUT2D eigenvalue weighted by atomic mass is 9.95. The van der Waals surface area contributed by atoms with Gasteiger partial charge in [0, 0.05) is 16.3 Å². The molecule has 0 saturated heterocycles. The molecule has 0 fully saturated rings. The van der Waals surface area contributed by atoms with Crippen molar-refractivity contribution in [2.45, 2.75) is 0 Å². The Balaban J connectivity index is 1.25. The highest BCUT2D eigenvalue weighted by molar-refractivity contribution is 6.10. The summed E-state index contributed by atoms with van der Waals surface area (Å²) >= 11 is 0. The molecule has 172 valence electrons. The summed E-state index contributed by atoms with van der Waals surface area (Å²) in [6.07, 6.45) is 0. The molecular weight excluding hydrogens is 448 g/mol. The third-order valence-electron chi connectivity index (χ3n) is 7.59. The van der Waals surface area contributed by atoms with E-state index in [9.17, 15) is 0 Å². The monoisotopic (exact) mass is 470 g/mol. The minimum atomic E-state index is 0.930. The van der Waals surface area contributed by atoms with Gasteiger partial charge in [0.15, 0.2) is 0 Å². The van der Waals surface area contributed by atoms with Gasteiger partial charge in [-0.05, 0) is 85.4 Å². The number of hydrogen-bond acceptors (Lipinski definition) is 1. The fourth-order valence-electron chi connectivity index (χ4n) is 5.69. The molecule has 0 saturated carbocycles. The molecule has 37 heavy (non-hydrogen) atoms. The van der Waals surface area contributed by atoms with Crippen LogP contribution in [-0.4, -0.2) is 0 Å². The van der Waals surface area contributed by atoms with Crippen LogP contribution in [0.25, 0.3) is 76.5 Å². The quantitative estimate of drug-likeness (QED) is 0.229. The highest BCUT2D eigenvalue weighted by Crippen LogP contribution is 2.37. The predicted octanol–water partition coefficient (Wildman–Crippen LogP) is 10.4. The van der Waals surface area contributed by atoms with E-state index in [2.05, 4.69) is 121 Å². The van der Waals surface area contributed by atoms with E-state index in [1.165, 1.54) is 49.0 Å². The number of para-hydroxylation sites is 2. The van der Waals surface area contributed by atoms with Crippen molar-refractivity contribution in [2.75, 3.05) is 0 Å². The second kappa shape index (κ2) is 7.81. The average Bonchev–Trinajstić information content (AvgIpc) is 3.34. The third-order valence-corrected chi connectivity index (χ3v) is 7.59. The number of benzene rings is 7. The maximum atomic E-state index is 6.30. The molecule has 8 aromatic rings. The minimum absolute atomic E-state index is 0.930. The van der Waals surface area contributed by atoms with Gasteiger partial charge in [0.05, 0.1) is 0 Å². The van der Waals surface area contributed by atoms with E-state index >= 15 is 0 Å². The summed E-state index contributed by atoms with van der Waals surface area (Å²) in [7, 11) is 0. The van der Waals surface area contributed by atoms with Gasteiger partial charge >= 0.3 is 0 Å². The molecule has 0 aliphatic rings. The topological polar surface area (TPSA) is 13.1 Å². The maximum Gasteiger partial charge on any atom is 0.143 e. The zero-order valence-corrected chi connectivity index (χ0v) is 20.1. The van der Waals surface area contributed by atoms with Gasteiger partial charge in [0.25, 0.3) is 0 Å². The minimum Gasteiger partial charge on any atom is -0.455 e. The van der Waals surface area contributed by atoms with Crippen LogP contribution < -0.4 is 0 Å². The molecule has 0 spiro atoms. The fraction of sp³-hybridized carbons (Fsp3) is 0. The Morgan fingerprint density at radius 2 is 0.919 bits per heavy atom. The summed E-state index contributed by atoms with van der Waals surface area (Å²) in [6, 6.07) is 48.0. The molecule has 1 heteroatoms. The largest absolute Gasteiger partial charge is 0.455 e. The Kier molecular flexibility index (Phi) is 4.29. The molecule has 1 nitrogen and oxygen atoms in total. The first-order valence-electron chi connectivity index (χ1n) is 12.7. The normalized spacial score (nSPS) is 11.8. The van der Waals surface area contributed by atoms with Gasteiger partial charge in [0.2, 0.25) is 0 Å². The molecular formula is C36H22O. The van der Waals surface area contributed by atoms with Crippen LogP contribution in [0, 0.1) is 0 Å². The summed E-state index contributed by atoms with van der Waals surface area (Å²) in [5, 5.41) is 9.83. The molecule has 1 heterocycles. The van der Waals surface area contributed by atoms with Crippen molar-refractivity contribution >= 4 is 54.3 Å². The highest BCUT2D eigenvalue weighted by Gasteiger charge is 2.12. The molecule has 1 aromatic heterocycles. The first-order chi connectivity index (χ1) is 18.3. The predicted molar refractivity (Wildman–Crippen MR) is 157 cm³/mol. The van der Waals surface area contributed by atoms with Crippen molar-refractivity contribution in [1.29, 1.82) is 0 Å². The lowest BCUT2D eigenvalue weighted by Crippen LogP contribution is -1.83. The van der Waals surface area contributed by atoms with Gasteiger partial charge in [-0.15, -0.1) is 0 Å². The van der Waals surface area contributed by atoms with Crippen molar-refractivity contribution in [3.05, 3.63) is 133 Å². The van der Waals surface area contributed by atoms with Crippen LogP contribution in [0.1, 0.15) is 0 Å². The highest BCUT2D eigenvalue weighted by atomic mass is 16.3. The standard InChI is InChI=1S/C36H22O/c1-2-7-24-18-25(13-12-23(24)6-1)26-14-15-27-21-31-22-29(17-16-28(31)20-30(27)19-26)32-9-5-10-34-33-8-3-4-11-35(33)37-36(32)34/h1-22H. The van der Waals surface area contributed by atoms with Crippen molar-refractivity contribution in [3.63, 3.8) is 0 Å². The summed E-state index contributed by atoms with van der Waals surface area (Å²) in [5.74, 6) is 0. The third kappa shape index (κ3) is 3.25. The smallest absolute Gasteiger partial charge is 0.143 e. The molecule has 7 aromatic carbocycles. The molecule has 0 radical (unpaired) electrons. The van der Waals surface area contributed by atoms with Crippen molar-refractivity contribution < 1.29 is 4.42 Å². The zero-order chi connectivity index (χ0) is 24.3. The van der Waals surface area contributed by atoms with E-state index in [0.29, 0.717) is 0 Å². The van der Waals surface area contributed by atoms with Gasteiger partial charge in [-0.25, -0.2) is 0 Å². The number of furan rings is 1. The van der Waals surface area contributed by atoms with Crippen LogP contribution in [-0.2, 0) is 0 Å². The van der Waals surface area contributed by atoms with Crippen LogP contribution in [0.5, 0.6) is 0 Å². The zero-order valence-electron chi connectivity index (χ0n) is 20.1. The van der Waals surface area contributed by atoms with E-state index in [1.54, 1.807) is 0 Å². The van der Waals surface area contributed by atoms with Crippen LogP contribution in [0.3, 0.4) is 0 Å². The van der Waals surface area contributed by atoms with Gasteiger partial charge < -0.3 is 4.42 Å². The molecule has 0 unspecified atom stereocenters. The molecule has 8 rings (SSSR count). The Hall–Kier alpha value is -4.88. The molecule has 0 aliphatic carbocycles. The Bertz CT molecular complexity index is 2140. The Labute approximate surface area is 214 Å². The lowest BCUT2D eigenvalue weighted by Gasteiger charge is -2.09. The van der Waals surface area contributed by atoms with Crippen LogP contribution in [0.4, 0.5) is 0 Å². The Morgan fingerprint density at radius 3 is 1.73 bits per heavy atom. The first kappa shape index (κ1) is 20.3. The van der Waals surface area contributed by atoms with E-state index in [4.69, 9.17) is 4.42 Å². The molecule has 0 aliphatic heterocycles. The SMILES string of the molecule is c1ccc2cc(-c3ccc4cc5cc(-c6cccc7c6oc6ccccc67)ccc5cc4c3)ccc2c1. The van der Waals surface area contributed by atoms with Gasteiger partial charge in [-0.1, -0.05) is 97.1 Å². The van der Waals surface area contributed by atoms with Crippen LogP contribution >= 0.6 is 0 Å². The first-order valence-corrected chi connectivity index (χ1v) is 12.7. The van der Waals surface area contributed by atoms with Gasteiger partial charge in [-0.2, -0.15) is 0 Å².